The lowest BCUT2D eigenvalue weighted by Gasteiger charge is -2.23. The maximum absolute atomic E-state index is 13.8. The lowest BCUT2D eigenvalue weighted by atomic mass is 10.0. The standard InChI is InChI=1S/C21H19FN4O2/c1-2-25-9-3-4-15(12-25)14-5-7-18(8-6-14)26-13-16-10-17(22)11-19(20(16)24-26)21(27)28-23/h3-11,13H,2,12,23H2,1H3. The van der Waals surface area contributed by atoms with E-state index in [1.165, 1.54) is 11.6 Å². The van der Waals surface area contributed by atoms with Gasteiger partial charge in [0.25, 0.3) is 0 Å². The number of nitrogens with zero attached hydrogens (tertiary/aromatic N) is 3. The number of hydrogen-bond acceptors (Lipinski definition) is 5. The fourth-order valence-electron chi connectivity index (χ4n) is 3.29. The molecule has 0 fully saturated rings. The molecule has 2 N–H and O–H groups in total. The van der Waals surface area contributed by atoms with Crippen LogP contribution in [0, 0.1) is 5.82 Å². The van der Waals surface area contributed by atoms with Crippen LogP contribution in [0.15, 0.2) is 60.9 Å². The Labute approximate surface area is 161 Å². The van der Waals surface area contributed by atoms with E-state index in [9.17, 15) is 9.18 Å². The zero-order valence-electron chi connectivity index (χ0n) is 15.3. The summed E-state index contributed by atoms with van der Waals surface area (Å²) in [5.41, 5.74) is 3.48. The number of fused-ring (bicyclic) bond motifs is 1. The highest BCUT2D eigenvalue weighted by molar-refractivity contribution is 6.02. The molecule has 0 atom stereocenters. The zero-order chi connectivity index (χ0) is 19.7. The van der Waals surface area contributed by atoms with Crippen LogP contribution in [0.25, 0.3) is 22.2 Å². The van der Waals surface area contributed by atoms with Crippen molar-refractivity contribution in [1.82, 2.24) is 14.7 Å². The van der Waals surface area contributed by atoms with E-state index in [0.717, 1.165) is 30.4 Å². The molecule has 0 unspecified atom stereocenters. The molecule has 3 aromatic rings. The van der Waals surface area contributed by atoms with Crippen LogP contribution in [0.5, 0.6) is 0 Å². The van der Waals surface area contributed by atoms with Crippen molar-refractivity contribution in [2.24, 2.45) is 5.90 Å². The molecule has 28 heavy (non-hydrogen) atoms. The molecule has 142 valence electrons. The van der Waals surface area contributed by atoms with E-state index in [1.54, 1.807) is 10.9 Å². The highest BCUT2D eigenvalue weighted by Gasteiger charge is 2.17. The molecule has 0 amide bonds. The SMILES string of the molecule is CCN1C=CC=C(c2ccc(-n3cc4cc(F)cc(C(=O)ON)c4n3)cc2)C1. The first-order valence-electron chi connectivity index (χ1n) is 8.91. The van der Waals surface area contributed by atoms with E-state index in [4.69, 9.17) is 5.90 Å². The molecule has 2 heterocycles. The third-order valence-corrected chi connectivity index (χ3v) is 4.78. The molecule has 7 heteroatoms. The summed E-state index contributed by atoms with van der Waals surface area (Å²) in [5, 5.41) is 4.91. The van der Waals surface area contributed by atoms with Gasteiger partial charge in [-0.3, -0.25) is 0 Å². The highest BCUT2D eigenvalue weighted by Crippen LogP contribution is 2.24. The van der Waals surface area contributed by atoms with Crippen molar-refractivity contribution >= 4 is 22.4 Å². The quantitative estimate of drug-likeness (QED) is 0.704. The number of benzene rings is 2. The molecular formula is C21H19FN4O2. The molecule has 0 saturated heterocycles. The van der Waals surface area contributed by atoms with Crippen LogP contribution in [-0.2, 0) is 4.84 Å². The van der Waals surface area contributed by atoms with Crippen molar-refractivity contribution in [3.8, 4) is 5.69 Å². The molecule has 0 spiro atoms. The van der Waals surface area contributed by atoms with Gasteiger partial charge in [-0.15, -0.1) is 0 Å². The van der Waals surface area contributed by atoms with Crippen LogP contribution < -0.4 is 5.90 Å². The minimum atomic E-state index is -0.831. The van der Waals surface area contributed by atoms with Gasteiger partial charge in [-0.1, -0.05) is 18.2 Å². The predicted molar refractivity (Wildman–Crippen MR) is 105 cm³/mol. The first kappa shape index (κ1) is 17.9. The minimum Gasteiger partial charge on any atom is -0.373 e. The Kier molecular flexibility index (Phi) is 4.67. The number of carbonyl (C=O) groups excluding carboxylic acids is 1. The molecule has 0 bridgehead atoms. The molecule has 0 aliphatic carbocycles. The van der Waals surface area contributed by atoms with E-state index >= 15 is 0 Å². The normalized spacial score (nSPS) is 13.7. The number of carbonyl (C=O) groups is 1. The molecule has 0 radical (unpaired) electrons. The number of halogens is 1. The number of likely N-dealkylation sites (N-methyl/N-ethyl adjacent to an activating group) is 1. The second-order valence-electron chi connectivity index (χ2n) is 6.51. The lowest BCUT2D eigenvalue weighted by molar-refractivity contribution is 0.0505. The molecule has 4 rings (SSSR count). The summed E-state index contributed by atoms with van der Waals surface area (Å²) >= 11 is 0. The van der Waals surface area contributed by atoms with Gasteiger partial charge in [-0.2, -0.15) is 11.0 Å². The first-order chi connectivity index (χ1) is 13.6. The summed E-state index contributed by atoms with van der Waals surface area (Å²) in [7, 11) is 0. The predicted octanol–water partition coefficient (Wildman–Crippen LogP) is 3.43. The Bertz CT molecular complexity index is 1100. The van der Waals surface area contributed by atoms with Crippen molar-refractivity contribution in [2.45, 2.75) is 6.92 Å². The van der Waals surface area contributed by atoms with Crippen molar-refractivity contribution in [2.75, 3.05) is 13.1 Å². The van der Waals surface area contributed by atoms with Gasteiger partial charge < -0.3 is 9.74 Å². The number of allylic oxidation sites excluding steroid dienone is 2. The summed E-state index contributed by atoms with van der Waals surface area (Å²) < 4.78 is 15.4. The Hall–Kier alpha value is -3.45. The van der Waals surface area contributed by atoms with Crippen LogP contribution in [0.2, 0.25) is 0 Å². The van der Waals surface area contributed by atoms with Crippen LogP contribution in [-0.4, -0.2) is 33.7 Å². The van der Waals surface area contributed by atoms with Gasteiger partial charge in [0.1, 0.15) is 11.3 Å². The molecule has 6 nitrogen and oxygen atoms in total. The Morgan fingerprint density at radius 3 is 2.79 bits per heavy atom. The van der Waals surface area contributed by atoms with Gasteiger partial charge in [-0.25, -0.2) is 13.9 Å². The maximum Gasteiger partial charge on any atom is 0.359 e. The monoisotopic (exact) mass is 378 g/mol. The van der Waals surface area contributed by atoms with Crippen LogP contribution in [0.1, 0.15) is 22.8 Å². The molecule has 1 aliphatic rings. The molecule has 0 saturated carbocycles. The Morgan fingerprint density at radius 2 is 2.07 bits per heavy atom. The van der Waals surface area contributed by atoms with Crippen molar-refractivity contribution in [1.29, 1.82) is 0 Å². The summed E-state index contributed by atoms with van der Waals surface area (Å²) in [5.74, 6) is 3.56. The fraction of sp³-hybridized carbons (Fsp3) is 0.143. The average Bonchev–Trinajstić information content (AvgIpc) is 3.16. The molecule has 1 aliphatic heterocycles. The molecular weight excluding hydrogens is 359 g/mol. The van der Waals surface area contributed by atoms with E-state index in [0.29, 0.717) is 10.9 Å². The van der Waals surface area contributed by atoms with Gasteiger partial charge >= 0.3 is 5.97 Å². The summed E-state index contributed by atoms with van der Waals surface area (Å²) in [6.45, 7) is 3.94. The third kappa shape index (κ3) is 3.27. The number of aromatic nitrogens is 2. The topological polar surface area (TPSA) is 73.4 Å². The zero-order valence-corrected chi connectivity index (χ0v) is 15.3. The number of nitrogens with two attached hydrogens (primary N) is 1. The van der Waals surface area contributed by atoms with Gasteiger partial charge in [0.05, 0.1) is 11.3 Å². The van der Waals surface area contributed by atoms with Crippen molar-refractivity contribution in [3.63, 3.8) is 0 Å². The van der Waals surface area contributed by atoms with Crippen LogP contribution >= 0.6 is 0 Å². The number of hydrogen-bond donors (Lipinski definition) is 1. The maximum atomic E-state index is 13.8. The van der Waals surface area contributed by atoms with E-state index in [2.05, 4.69) is 34.0 Å². The van der Waals surface area contributed by atoms with E-state index < -0.39 is 11.8 Å². The third-order valence-electron chi connectivity index (χ3n) is 4.78. The average molecular weight is 378 g/mol. The second kappa shape index (κ2) is 7.28. The molecule has 2 aromatic carbocycles. The Morgan fingerprint density at radius 1 is 1.29 bits per heavy atom. The first-order valence-corrected chi connectivity index (χ1v) is 8.91. The highest BCUT2D eigenvalue weighted by atomic mass is 19.1. The summed E-state index contributed by atoms with van der Waals surface area (Å²) in [6.07, 6.45) is 7.90. The Balaban J connectivity index is 1.68. The summed E-state index contributed by atoms with van der Waals surface area (Å²) in [4.78, 5) is 18.3. The smallest absolute Gasteiger partial charge is 0.359 e. The summed E-state index contributed by atoms with van der Waals surface area (Å²) in [6, 6.07) is 10.3. The van der Waals surface area contributed by atoms with Crippen molar-refractivity contribution < 1.29 is 14.0 Å². The van der Waals surface area contributed by atoms with Crippen LogP contribution in [0.3, 0.4) is 0 Å². The van der Waals surface area contributed by atoms with Gasteiger partial charge in [0.15, 0.2) is 0 Å². The van der Waals surface area contributed by atoms with Gasteiger partial charge in [-0.05, 0) is 54.6 Å². The minimum absolute atomic E-state index is 0.00771. The van der Waals surface area contributed by atoms with Gasteiger partial charge in [0, 0.05) is 24.7 Å². The largest absolute Gasteiger partial charge is 0.373 e. The van der Waals surface area contributed by atoms with Crippen LogP contribution in [0.4, 0.5) is 4.39 Å². The van der Waals surface area contributed by atoms with Crippen molar-refractivity contribution in [3.05, 3.63) is 77.9 Å². The van der Waals surface area contributed by atoms with E-state index in [-0.39, 0.29) is 5.56 Å². The second-order valence-corrected chi connectivity index (χ2v) is 6.51. The van der Waals surface area contributed by atoms with E-state index in [1.807, 2.05) is 30.3 Å². The van der Waals surface area contributed by atoms with Gasteiger partial charge in [0.2, 0.25) is 0 Å². The fourth-order valence-corrected chi connectivity index (χ4v) is 3.29. The lowest BCUT2D eigenvalue weighted by Crippen LogP contribution is -2.20. The number of rotatable bonds is 4. The molecule has 1 aromatic heterocycles.